The predicted octanol–water partition coefficient (Wildman–Crippen LogP) is 4.06. The summed E-state index contributed by atoms with van der Waals surface area (Å²) >= 11 is 0. The SMILES string of the molecule is C[C@]1(O)C[C@]23CC[C@H]4[C@@H](CC=C5C[C@@H](O)CC[C@@]54C)[C@@H]2CC[C@@H]31. The highest BCUT2D eigenvalue weighted by Crippen LogP contribution is 2.74. The molecule has 2 N–H and O–H groups in total. The normalized spacial score (nSPS) is 60.7. The first kappa shape index (κ1) is 15.0. The maximum Gasteiger partial charge on any atom is 0.0658 e. The van der Waals surface area contributed by atoms with Crippen LogP contribution in [0.15, 0.2) is 11.6 Å². The van der Waals surface area contributed by atoms with Gasteiger partial charge in [-0.3, -0.25) is 0 Å². The van der Waals surface area contributed by atoms with Crippen molar-refractivity contribution in [1.82, 2.24) is 0 Å². The first-order chi connectivity index (χ1) is 10.9. The molecule has 0 aromatic heterocycles. The zero-order valence-corrected chi connectivity index (χ0v) is 14.7. The molecule has 2 heteroatoms. The van der Waals surface area contributed by atoms with Crippen molar-refractivity contribution in [3.63, 3.8) is 0 Å². The molecule has 4 fully saturated rings. The van der Waals surface area contributed by atoms with Gasteiger partial charge in [0.1, 0.15) is 0 Å². The molecule has 5 aliphatic rings. The second-order valence-electron chi connectivity index (χ2n) is 10.1. The number of rotatable bonds is 0. The molecule has 4 saturated carbocycles. The smallest absolute Gasteiger partial charge is 0.0658 e. The highest BCUT2D eigenvalue weighted by atomic mass is 16.3. The molecule has 0 bridgehead atoms. The largest absolute Gasteiger partial charge is 0.393 e. The molecule has 128 valence electrons. The van der Waals surface area contributed by atoms with Crippen molar-refractivity contribution < 1.29 is 10.2 Å². The number of fused-ring (bicyclic) bond motifs is 4. The molecule has 1 spiro atoms. The van der Waals surface area contributed by atoms with Crippen molar-refractivity contribution in [3.05, 3.63) is 11.6 Å². The Labute approximate surface area is 140 Å². The van der Waals surface area contributed by atoms with E-state index < -0.39 is 0 Å². The van der Waals surface area contributed by atoms with Gasteiger partial charge in [0.15, 0.2) is 0 Å². The van der Waals surface area contributed by atoms with E-state index in [0.29, 0.717) is 16.7 Å². The van der Waals surface area contributed by atoms with Crippen LogP contribution in [0.5, 0.6) is 0 Å². The number of aliphatic hydroxyl groups is 2. The molecule has 0 amide bonds. The van der Waals surface area contributed by atoms with Crippen LogP contribution in [0.2, 0.25) is 0 Å². The summed E-state index contributed by atoms with van der Waals surface area (Å²) in [6.07, 6.45) is 13.1. The van der Waals surface area contributed by atoms with Crippen LogP contribution in [0.25, 0.3) is 0 Å². The van der Waals surface area contributed by atoms with Gasteiger partial charge >= 0.3 is 0 Å². The van der Waals surface area contributed by atoms with Crippen molar-refractivity contribution in [1.29, 1.82) is 0 Å². The predicted molar refractivity (Wildman–Crippen MR) is 90.8 cm³/mol. The van der Waals surface area contributed by atoms with Crippen LogP contribution >= 0.6 is 0 Å². The fraction of sp³-hybridized carbons (Fsp3) is 0.905. The third kappa shape index (κ3) is 1.73. The quantitative estimate of drug-likeness (QED) is 0.662. The average molecular weight is 316 g/mol. The summed E-state index contributed by atoms with van der Waals surface area (Å²) in [4.78, 5) is 0. The minimum absolute atomic E-state index is 0.0987. The molecular weight excluding hydrogens is 284 g/mol. The van der Waals surface area contributed by atoms with E-state index in [2.05, 4.69) is 19.9 Å². The monoisotopic (exact) mass is 316 g/mol. The van der Waals surface area contributed by atoms with E-state index in [0.717, 1.165) is 37.0 Å². The number of allylic oxidation sites excluding steroid dienone is 1. The Kier molecular flexibility index (Phi) is 2.88. The molecule has 0 saturated heterocycles. The second kappa shape index (κ2) is 4.43. The summed E-state index contributed by atoms with van der Waals surface area (Å²) in [5.41, 5.74) is 2.04. The van der Waals surface area contributed by atoms with Gasteiger partial charge in [0.2, 0.25) is 0 Å². The first-order valence-corrected chi connectivity index (χ1v) is 9.97. The Bertz CT molecular complexity index is 564. The molecular formula is C21H32O2. The molecule has 8 atom stereocenters. The van der Waals surface area contributed by atoms with Crippen LogP contribution in [-0.4, -0.2) is 21.9 Å². The Morgan fingerprint density at radius 1 is 1.04 bits per heavy atom. The Balaban J connectivity index is 1.48. The molecule has 0 aliphatic heterocycles. The fourth-order valence-corrected chi connectivity index (χ4v) is 8.38. The number of aliphatic hydroxyl groups excluding tert-OH is 1. The standard InChI is InChI=1S/C21H32O2/c1-19-9-7-14(22)11-13(19)3-4-15-16(19)8-10-21-12-20(2,23)18(21)6-5-17(15)21/h3,14-18,22-23H,4-12H2,1-2H3/t14-,15+,16-,17-,18+,19-,20-,21+/m0/s1. The molecule has 0 heterocycles. The van der Waals surface area contributed by atoms with E-state index in [1.165, 1.54) is 38.5 Å². The lowest BCUT2D eigenvalue weighted by atomic mass is 9.41. The van der Waals surface area contributed by atoms with Gasteiger partial charge in [0.05, 0.1) is 11.7 Å². The van der Waals surface area contributed by atoms with Crippen molar-refractivity contribution in [2.75, 3.05) is 0 Å². The van der Waals surface area contributed by atoms with E-state index >= 15 is 0 Å². The lowest BCUT2D eigenvalue weighted by Gasteiger charge is -2.65. The van der Waals surface area contributed by atoms with E-state index in [4.69, 9.17) is 0 Å². The molecule has 23 heavy (non-hydrogen) atoms. The van der Waals surface area contributed by atoms with Crippen molar-refractivity contribution in [2.24, 2.45) is 34.5 Å². The van der Waals surface area contributed by atoms with Gasteiger partial charge in [0.25, 0.3) is 0 Å². The van der Waals surface area contributed by atoms with Crippen LogP contribution in [0, 0.1) is 34.5 Å². The van der Waals surface area contributed by atoms with Gasteiger partial charge in [0, 0.05) is 0 Å². The number of hydrogen-bond donors (Lipinski definition) is 2. The average Bonchev–Trinajstić information content (AvgIpc) is 2.82. The summed E-state index contributed by atoms with van der Waals surface area (Å²) in [5.74, 6) is 3.10. The third-order valence-electron chi connectivity index (χ3n) is 9.23. The van der Waals surface area contributed by atoms with E-state index in [1.807, 2.05) is 0 Å². The highest BCUT2D eigenvalue weighted by molar-refractivity contribution is 5.27. The van der Waals surface area contributed by atoms with Crippen molar-refractivity contribution in [2.45, 2.75) is 83.3 Å². The van der Waals surface area contributed by atoms with Crippen LogP contribution in [0.4, 0.5) is 0 Å². The molecule has 5 rings (SSSR count). The van der Waals surface area contributed by atoms with Crippen LogP contribution in [0.3, 0.4) is 0 Å². The topological polar surface area (TPSA) is 40.5 Å². The Morgan fingerprint density at radius 3 is 2.65 bits per heavy atom. The van der Waals surface area contributed by atoms with Gasteiger partial charge < -0.3 is 10.2 Å². The van der Waals surface area contributed by atoms with Gasteiger partial charge in [-0.15, -0.1) is 0 Å². The third-order valence-corrected chi connectivity index (χ3v) is 9.23. The zero-order chi connectivity index (χ0) is 16.0. The number of hydrogen-bond acceptors (Lipinski definition) is 2. The van der Waals surface area contributed by atoms with Gasteiger partial charge in [-0.05, 0) is 99.2 Å². The molecule has 0 radical (unpaired) electrons. The summed E-state index contributed by atoms with van der Waals surface area (Å²) in [5, 5.41) is 20.7. The summed E-state index contributed by atoms with van der Waals surface area (Å²) in [6, 6.07) is 0. The van der Waals surface area contributed by atoms with E-state index in [1.54, 1.807) is 5.57 Å². The van der Waals surface area contributed by atoms with E-state index in [9.17, 15) is 10.2 Å². The summed E-state index contributed by atoms with van der Waals surface area (Å²) in [6.45, 7) is 4.59. The highest BCUT2D eigenvalue weighted by Gasteiger charge is 2.69. The van der Waals surface area contributed by atoms with Gasteiger partial charge in [-0.2, -0.15) is 0 Å². The molecule has 0 aromatic carbocycles. The maximum atomic E-state index is 10.6. The van der Waals surface area contributed by atoms with Crippen LogP contribution in [-0.2, 0) is 0 Å². The first-order valence-electron chi connectivity index (χ1n) is 9.97. The summed E-state index contributed by atoms with van der Waals surface area (Å²) < 4.78 is 0. The molecule has 2 nitrogen and oxygen atoms in total. The maximum absolute atomic E-state index is 10.6. The van der Waals surface area contributed by atoms with Gasteiger partial charge in [-0.1, -0.05) is 18.6 Å². The van der Waals surface area contributed by atoms with Gasteiger partial charge in [-0.25, -0.2) is 0 Å². The fourth-order valence-electron chi connectivity index (χ4n) is 8.38. The lowest BCUT2D eigenvalue weighted by Crippen LogP contribution is -2.63. The van der Waals surface area contributed by atoms with Crippen LogP contribution < -0.4 is 0 Å². The minimum atomic E-state index is -0.379. The van der Waals surface area contributed by atoms with Crippen molar-refractivity contribution in [3.8, 4) is 0 Å². The van der Waals surface area contributed by atoms with Crippen molar-refractivity contribution >= 4 is 0 Å². The van der Waals surface area contributed by atoms with Crippen LogP contribution in [0.1, 0.15) is 71.6 Å². The molecule has 0 unspecified atom stereocenters. The second-order valence-corrected chi connectivity index (χ2v) is 10.1. The summed E-state index contributed by atoms with van der Waals surface area (Å²) in [7, 11) is 0. The van der Waals surface area contributed by atoms with E-state index in [-0.39, 0.29) is 11.7 Å². The minimum Gasteiger partial charge on any atom is -0.393 e. The Morgan fingerprint density at radius 2 is 1.87 bits per heavy atom. The lowest BCUT2D eigenvalue weighted by molar-refractivity contribution is -0.213. The molecule has 0 aromatic rings. The molecule has 5 aliphatic carbocycles. The zero-order valence-electron chi connectivity index (χ0n) is 14.7. The Hall–Kier alpha value is -0.340.